The highest BCUT2D eigenvalue weighted by molar-refractivity contribution is 5.96. The van der Waals surface area contributed by atoms with Gasteiger partial charge in [-0.2, -0.15) is 0 Å². The summed E-state index contributed by atoms with van der Waals surface area (Å²) in [4.78, 5) is 26.4. The van der Waals surface area contributed by atoms with E-state index in [2.05, 4.69) is 180 Å². The summed E-state index contributed by atoms with van der Waals surface area (Å²) < 4.78 is 0. The number of rotatable bonds is 13. The molecule has 0 radical (unpaired) electrons. The molecular weight excluding hydrogens is 709 g/mol. The molecule has 0 saturated carbocycles. The van der Waals surface area contributed by atoms with Gasteiger partial charge in [-0.1, -0.05) is 206 Å². The molecule has 0 atom stereocenters. The lowest BCUT2D eigenvalue weighted by Crippen LogP contribution is -2.31. The van der Waals surface area contributed by atoms with Crippen molar-refractivity contribution in [3.05, 3.63) is 275 Å². The maximum atomic E-state index is 13.2. The van der Waals surface area contributed by atoms with Crippen LogP contribution in [0.25, 0.3) is 0 Å². The molecule has 0 spiro atoms. The van der Waals surface area contributed by atoms with E-state index in [9.17, 15) is 9.59 Å². The van der Waals surface area contributed by atoms with E-state index in [1.807, 2.05) is 60.7 Å². The average Bonchev–Trinajstić information content (AvgIpc) is 3.29. The second-order valence-electron chi connectivity index (χ2n) is 14.4. The lowest BCUT2D eigenvalue weighted by Gasteiger charge is -2.37. The van der Waals surface area contributed by atoms with Crippen LogP contribution in [0.2, 0.25) is 0 Å². The Balaban J connectivity index is 0.974. The van der Waals surface area contributed by atoms with E-state index >= 15 is 0 Å². The van der Waals surface area contributed by atoms with E-state index in [-0.39, 0.29) is 24.7 Å². The summed E-state index contributed by atoms with van der Waals surface area (Å²) in [5.74, 6) is -0.450. The third-order valence-corrected chi connectivity index (χ3v) is 11.0. The van der Waals surface area contributed by atoms with Crippen LogP contribution >= 0.6 is 0 Å². The normalized spacial score (nSPS) is 11.4. The Morgan fingerprint density at radius 1 is 0.276 bits per heavy atom. The minimum Gasteiger partial charge on any atom is -0.326 e. The van der Waals surface area contributed by atoms with Crippen LogP contribution in [0.4, 0.5) is 11.4 Å². The van der Waals surface area contributed by atoms with Crippen LogP contribution in [0, 0.1) is 0 Å². The molecule has 282 valence electrons. The molecule has 4 heteroatoms. The fourth-order valence-electron chi connectivity index (χ4n) is 8.41. The maximum absolute atomic E-state index is 13.2. The minimum atomic E-state index is -0.575. The summed E-state index contributed by atoms with van der Waals surface area (Å²) in [6, 6.07) is 79.2. The average molecular weight is 753 g/mol. The first-order valence-corrected chi connectivity index (χ1v) is 19.7. The SMILES string of the molecule is O=C(CCC(=O)Nc1ccc(C(c2ccccc2)(c2ccccc2)c2ccccc2)cc1)Nc1ccc(C(c2ccccc2)(c2ccccc2)c2ccccc2)cc1. The monoisotopic (exact) mass is 752 g/mol. The van der Waals surface area contributed by atoms with Gasteiger partial charge >= 0.3 is 0 Å². The number of carbonyl (C=O) groups excluding carboxylic acids is 2. The van der Waals surface area contributed by atoms with Gasteiger partial charge in [0.1, 0.15) is 0 Å². The molecule has 0 bridgehead atoms. The van der Waals surface area contributed by atoms with Gasteiger partial charge in [0.15, 0.2) is 0 Å². The highest BCUT2D eigenvalue weighted by Crippen LogP contribution is 2.46. The van der Waals surface area contributed by atoms with Gasteiger partial charge < -0.3 is 10.6 Å². The van der Waals surface area contributed by atoms with E-state index in [1.54, 1.807) is 0 Å². The van der Waals surface area contributed by atoms with Crippen molar-refractivity contribution < 1.29 is 9.59 Å². The van der Waals surface area contributed by atoms with E-state index < -0.39 is 10.8 Å². The summed E-state index contributed by atoms with van der Waals surface area (Å²) in [6.45, 7) is 0. The molecule has 2 N–H and O–H groups in total. The standard InChI is InChI=1S/C54H44N2O2/c57-51(55-49-35-31-47(32-36-49)53(41-19-7-1-8-20-41,42-21-9-2-10-22-42)43-23-11-3-12-24-43)39-40-52(58)56-50-37-33-48(34-38-50)54(44-25-13-4-14-26-44,45-27-15-5-16-28-45)46-29-17-6-18-30-46/h1-38H,39-40H2,(H,55,57)(H,56,58). The van der Waals surface area contributed by atoms with Gasteiger partial charge in [-0.25, -0.2) is 0 Å². The van der Waals surface area contributed by atoms with Crippen molar-refractivity contribution in [1.82, 2.24) is 0 Å². The fourth-order valence-corrected chi connectivity index (χ4v) is 8.41. The lowest BCUT2D eigenvalue weighted by atomic mass is 9.65. The number of benzene rings is 8. The predicted octanol–water partition coefficient (Wildman–Crippen LogP) is 11.8. The molecule has 0 heterocycles. The van der Waals surface area contributed by atoms with Gasteiger partial charge in [-0.05, 0) is 68.8 Å². The van der Waals surface area contributed by atoms with Crippen molar-refractivity contribution in [3.8, 4) is 0 Å². The zero-order valence-corrected chi connectivity index (χ0v) is 32.2. The molecule has 58 heavy (non-hydrogen) atoms. The quantitative estimate of drug-likeness (QED) is 0.115. The smallest absolute Gasteiger partial charge is 0.224 e. The Morgan fingerprint density at radius 3 is 0.672 bits per heavy atom. The number of hydrogen-bond acceptors (Lipinski definition) is 2. The van der Waals surface area contributed by atoms with Crippen molar-refractivity contribution in [2.75, 3.05) is 10.6 Å². The molecule has 0 aliphatic carbocycles. The summed E-state index contributed by atoms with van der Waals surface area (Å²) in [5.41, 5.74) is 9.23. The molecule has 4 nitrogen and oxygen atoms in total. The molecule has 0 aromatic heterocycles. The van der Waals surface area contributed by atoms with Crippen molar-refractivity contribution in [2.24, 2.45) is 0 Å². The van der Waals surface area contributed by atoms with E-state index in [4.69, 9.17) is 0 Å². The Morgan fingerprint density at radius 2 is 0.466 bits per heavy atom. The highest BCUT2D eigenvalue weighted by atomic mass is 16.2. The van der Waals surface area contributed by atoms with Crippen molar-refractivity contribution in [1.29, 1.82) is 0 Å². The van der Waals surface area contributed by atoms with Crippen molar-refractivity contribution >= 4 is 23.2 Å². The Labute approximate surface area is 340 Å². The zero-order valence-electron chi connectivity index (χ0n) is 32.2. The van der Waals surface area contributed by atoms with Crippen molar-refractivity contribution in [3.63, 3.8) is 0 Å². The summed E-state index contributed by atoms with van der Waals surface area (Å²) in [7, 11) is 0. The number of carbonyl (C=O) groups is 2. The Bertz CT molecular complexity index is 2170. The first kappa shape index (κ1) is 37.6. The molecule has 8 aromatic rings. The van der Waals surface area contributed by atoms with Crippen molar-refractivity contribution in [2.45, 2.75) is 23.7 Å². The number of nitrogens with one attached hydrogen (secondary N) is 2. The van der Waals surface area contributed by atoms with Gasteiger partial charge in [0.05, 0.1) is 10.8 Å². The van der Waals surface area contributed by atoms with Gasteiger partial charge in [0.2, 0.25) is 11.8 Å². The first-order valence-electron chi connectivity index (χ1n) is 19.7. The van der Waals surface area contributed by atoms with Gasteiger partial charge in [0, 0.05) is 24.2 Å². The highest BCUT2D eigenvalue weighted by Gasteiger charge is 2.39. The topological polar surface area (TPSA) is 58.2 Å². The molecule has 0 fully saturated rings. The minimum absolute atomic E-state index is 0.0484. The van der Waals surface area contributed by atoms with E-state index in [0.717, 1.165) is 44.5 Å². The molecule has 0 unspecified atom stereocenters. The first-order chi connectivity index (χ1) is 28.6. The number of hydrogen-bond donors (Lipinski definition) is 2. The Hall–Kier alpha value is -7.30. The van der Waals surface area contributed by atoms with Crippen LogP contribution in [-0.4, -0.2) is 11.8 Å². The second kappa shape index (κ2) is 17.2. The summed E-state index contributed by atoms with van der Waals surface area (Å²) in [6.07, 6.45) is 0.0968. The largest absolute Gasteiger partial charge is 0.326 e. The molecule has 0 saturated heterocycles. The maximum Gasteiger partial charge on any atom is 0.224 e. The van der Waals surface area contributed by atoms with Gasteiger partial charge in [0.25, 0.3) is 0 Å². The molecule has 0 aliphatic heterocycles. The molecular formula is C54H44N2O2. The molecule has 2 amide bonds. The fraction of sp³-hybridized carbons (Fsp3) is 0.0741. The molecule has 8 aromatic carbocycles. The third kappa shape index (κ3) is 7.48. The van der Waals surface area contributed by atoms with Crippen LogP contribution in [0.5, 0.6) is 0 Å². The van der Waals surface area contributed by atoms with Gasteiger partial charge in [-0.15, -0.1) is 0 Å². The second-order valence-corrected chi connectivity index (χ2v) is 14.4. The zero-order chi connectivity index (χ0) is 39.6. The number of amides is 2. The van der Waals surface area contributed by atoms with Gasteiger partial charge in [-0.3, -0.25) is 9.59 Å². The predicted molar refractivity (Wildman–Crippen MR) is 236 cm³/mol. The summed E-state index contributed by atoms with van der Waals surface area (Å²) >= 11 is 0. The molecule has 0 aliphatic rings. The number of anilines is 2. The van der Waals surface area contributed by atoms with Crippen LogP contribution in [-0.2, 0) is 20.4 Å². The lowest BCUT2D eigenvalue weighted by molar-refractivity contribution is -0.121. The summed E-state index contributed by atoms with van der Waals surface area (Å²) in [5, 5.41) is 6.02. The van der Waals surface area contributed by atoms with E-state index in [1.165, 1.54) is 0 Å². The Kier molecular flexibility index (Phi) is 11.2. The van der Waals surface area contributed by atoms with Crippen LogP contribution in [0.3, 0.4) is 0 Å². The third-order valence-electron chi connectivity index (χ3n) is 11.0. The van der Waals surface area contributed by atoms with Crippen LogP contribution in [0.15, 0.2) is 231 Å². The van der Waals surface area contributed by atoms with Crippen LogP contribution in [0.1, 0.15) is 57.3 Å². The molecule has 8 rings (SSSR count). The van der Waals surface area contributed by atoms with E-state index in [0.29, 0.717) is 11.4 Å². The van der Waals surface area contributed by atoms with Crippen LogP contribution < -0.4 is 10.6 Å².